The molecule has 122 valence electrons. The average Bonchev–Trinajstić information content (AvgIpc) is 3.31. The Morgan fingerprint density at radius 1 is 1.30 bits per heavy atom. The van der Waals surface area contributed by atoms with Crippen molar-refractivity contribution in [1.29, 1.82) is 0 Å². The first kappa shape index (κ1) is 15.5. The lowest BCUT2D eigenvalue weighted by molar-refractivity contribution is -0.136. The number of carbonyl (C=O) groups is 2. The molecule has 0 radical (unpaired) electrons. The van der Waals surface area contributed by atoms with Gasteiger partial charge >= 0.3 is 12.0 Å². The summed E-state index contributed by atoms with van der Waals surface area (Å²) in [6.07, 6.45) is 1.66. The monoisotopic (exact) mass is 322 g/mol. The summed E-state index contributed by atoms with van der Waals surface area (Å²) < 4.78 is 33.0. The van der Waals surface area contributed by atoms with E-state index in [2.05, 4.69) is 5.32 Å². The lowest BCUT2D eigenvalue weighted by Gasteiger charge is -2.35. The second kappa shape index (κ2) is 5.64. The number of urea groups is 1. The highest BCUT2D eigenvalue weighted by Crippen LogP contribution is 2.38. The van der Waals surface area contributed by atoms with Crippen LogP contribution in [-0.4, -0.2) is 30.1 Å². The van der Waals surface area contributed by atoms with Crippen molar-refractivity contribution in [2.24, 2.45) is 0 Å². The fraction of sp³-hybridized carbons (Fsp3) is 0.375. The van der Waals surface area contributed by atoms with Gasteiger partial charge in [-0.05, 0) is 31.9 Å². The molecule has 2 aliphatic rings. The van der Waals surface area contributed by atoms with Crippen LogP contribution in [0, 0.1) is 11.6 Å². The molecule has 1 N–H and O–H groups in total. The fourth-order valence-corrected chi connectivity index (χ4v) is 2.91. The summed E-state index contributed by atoms with van der Waals surface area (Å²) >= 11 is 0. The highest BCUT2D eigenvalue weighted by Gasteiger charge is 2.43. The molecule has 0 aromatic heterocycles. The van der Waals surface area contributed by atoms with Crippen molar-refractivity contribution < 1.29 is 23.1 Å². The Kier molecular flexibility index (Phi) is 3.79. The van der Waals surface area contributed by atoms with Crippen LogP contribution in [0.2, 0.25) is 0 Å². The molecule has 1 heterocycles. The fourth-order valence-electron chi connectivity index (χ4n) is 2.91. The van der Waals surface area contributed by atoms with Gasteiger partial charge in [-0.2, -0.15) is 0 Å². The molecule has 3 rings (SSSR count). The predicted octanol–water partition coefficient (Wildman–Crippen LogP) is 2.64. The minimum absolute atomic E-state index is 0.0149. The minimum atomic E-state index is -1.22. The molecule has 5 nitrogen and oxygen atoms in total. The minimum Gasteiger partial charge on any atom is -0.466 e. The first-order chi connectivity index (χ1) is 11.0. The molecule has 1 aliphatic carbocycles. The molecule has 1 aromatic rings. The van der Waals surface area contributed by atoms with Crippen molar-refractivity contribution >= 4 is 12.0 Å². The normalized spacial score (nSPS) is 21.3. The van der Waals surface area contributed by atoms with Crippen molar-refractivity contribution in [2.45, 2.75) is 31.8 Å². The zero-order chi connectivity index (χ0) is 16.7. The van der Waals surface area contributed by atoms with E-state index in [0.29, 0.717) is 5.70 Å². The summed E-state index contributed by atoms with van der Waals surface area (Å²) in [5, 5.41) is 2.53. The number of hydrogen-bond acceptors (Lipinski definition) is 3. The molecule has 1 aromatic carbocycles. The van der Waals surface area contributed by atoms with Gasteiger partial charge in [-0.3, -0.25) is 4.90 Å². The van der Waals surface area contributed by atoms with Gasteiger partial charge in [-0.1, -0.05) is 6.07 Å². The van der Waals surface area contributed by atoms with Crippen LogP contribution in [0.15, 0.2) is 29.5 Å². The molecular formula is C16H16F2N2O3. The lowest BCUT2D eigenvalue weighted by Crippen LogP contribution is -2.49. The molecular weight excluding hydrogens is 306 g/mol. The number of esters is 1. The zero-order valence-corrected chi connectivity index (χ0v) is 12.7. The molecule has 1 saturated carbocycles. The van der Waals surface area contributed by atoms with Crippen LogP contribution in [-0.2, 0) is 9.53 Å². The van der Waals surface area contributed by atoms with E-state index in [1.54, 1.807) is 6.92 Å². The molecule has 0 saturated heterocycles. The van der Waals surface area contributed by atoms with E-state index in [4.69, 9.17) is 4.74 Å². The third kappa shape index (κ3) is 2.56. The van der Waals surface area contributed by atoms with E-state index in [0.717, 1.165) is 25.0 Å². The van der Waals surface area contributed by atoms with Gasteiger partial charge in [0.05, 0.1) is 24.3 Å². The summed E-state index contributed by atoms with van der Waals surface area (Å²) in [4.78, 5) is 26.0. The van der Waals surface area contributed by atoms with E-state index in [1.807, 2.05) is 0 Å². The number of methoxy groups -OCH3 is 1. The van der Waals surface area contributed by atoms with Gasteiger partial charge in [0.2, 0.25) is 0 Å². The summed E-state index contributed by atoms with van der Waals surface area (Å²) in [5.41, 5.74) is 0.0507. The zero-order valence-electron chi connectivity index (χ0n) is 12.7. The number of amides is 2. The van der Waals surface area contributed by atoms with Gasteiger partial charge in [-0.15, -0.1) is 0 Å². The Bertz CT molecular complexity index is 693. The summed E-state index contributed by atoms with van der Waals surface area (Å²) in [5.74, 6) is -2.38. The number of hydrogen-bond donors (Lipinski definition) is 1. The van der Waals surface area contributed by atoms with E-state index in [-0.39, 0.29) is 17.2 Å². The Balaban J connectivity index is 2.15. The van der Waals surface area contributed by atoms with Gasteiger partial charge in [0.1, 0.15) is 11.6 Å². The van der Waals surface area contributed by atoms with Crippen LogP contribution >= 0.6 is 0 Å². The van der Waals surface area contributed by atoms with Gasteiger partial charge in [0.15, 0.2) is 0 Å². The van der Waals surface area contributed by atoms with Crippen LogP contribution in [0.3, 0.4) is 0 Å². The van der Waals surface area contributed by atoms with E-state index < -0.39 is 29.7 Å². The van der Waals surface area contributed by atoms with Crippen LogP contribution in [0.5, 0.6) is 0 Å². The number of rotatable bonds is 3. The maximum Gasteiger partial charge on any atom is 0.337 e. The quantitative estimate of drug-likeness (QED) is 0.870. The molecule has 0 bridgehead atoms. The van der Waals surface area contributed by atoms with Crippen molar-refractivity contribution in [1.82, 2.24) is 10.2 Å². The number of allylic oxidation sites excluding steroid dienone is 1. The Morgan fingerprint density at radius 3 is 2.43 bits per heavy atom. The van der Waals surface area contributed by atoms with Crippen LogP contribution in [0.4, 0.5) is 13.6 Å². The lowest BCUT2D eigenvalue weighted by atomic mass is 9.94. The van der Waals surface area contributed by atoms with Crippen molar-refractivity contribution in [3.63, 3.8) is 0 Å². The SMILES string of the molecule is COC(=O)C1=C(C)N(C2CC2)C(=O)N[C@H]1c1c(F)cccc1F. The van der Waals surface area contributed by atoms with Crippen LogP contribution in [0.1, 0.15) is 31.4 Å². The number of nitrogens with zero attached hydrogens (tertiary/aromatic N) is 1. The van der Waals surface area contributed by atoms with Crippen LogP contribution in [0.25, 0.3) is 0 Å². The van der Waals surface area contributed by atoms with E-state index >= 15 is 0 Å². The Hall–Kier alpha value is -2.44. The van der Waals surface area contributed by atoms with Gasteiger partial charge < -0.3 is 10.1 Å². The Morgan fingerprint density at radius 2 is 1.91 bits per heavy atom. The largest absolute Gasteiger partial charge is 0.466 e. The molecule has 1 fully saturated rings. The highest BCUT2D eigenvalue weighted by molar-refractivity contribution is 5.95. The molecule has 23 heavy (non-hydrogen) atoms. The standard InChI is InChI=1S/C16H16F2N2O3/c1-8-12(15(21)23-2)14(13-10(17)4-3-5-11(13)18)19-16(22)20(8)9-6-7-9/h3-5,9,14H,6-7H2,1-2H3,(H,19,22)/t14-/m1/s1. The van der Waals surface area contributed by atoms with E-state index in [9.17, 15) is 18.4 Å². The number of nitrogens with one attached hydrogen (secondary N) is 1. The molecule has 0 spiro atoms. The van der Waals surface area contributed by atoms with Crippen molar-refractivity contribution in [3.05, 3.63) is 46.7 Å². The number of carbonyl (C=O) groups excluding carboxylic acids is 2. The second-order valence-electron chi connectivity index (χ2n) is 5.61. The number of ether oxygens (including phenoxy) is 1. The molecule has 0 unspecified atom stereocenters. The summed E-state index contributed by atoms with van der Waals surface area (Å²) in [6.45, 7) is 1.59. The predicted molar refractivity (Wildman–Crippen MR) is 77.2 cm³/mol. The molecule has 1 atom stereocenters. The van der Waals surface area contributed by atoms with Gasteiger partial charge in [0, 0.05) is 11.7 Å². The number of benzene rings is 1. The van der Waals surface area contributed by atoms with Crippen molar-refractivity contribution in [3.8, 4) is 0 Å². The molecule has 7 heteroatoms. The smallest absolute Gasteiger partial charge is 0.337 e. The summed E-state index contributed by atoms with van der Waals surface area (Å²) in [7, 11) is 1.19. The van der Waals surface area contributed by atoms with E-state index in [1.165, 1.54) is 18.1 Å². The third-order valence-electron chi connectivity index (χ3n) is 4.13. The first-order valence-electron chi connectivity index (χ1n) is 7.28. The molecule has 1 aliphatic heterocycles. The Labute approximate surface area is 131 Å². The average molecular weight is 322 g/mol. The molecule has 2 amide bonds. The maximum absolute atomic E-state index is 14.1. The first-order valence-corrected chi connectivity index (χ1v) is 7.28. The third-order valence-corrected chi connectivity index (χ3v) is 4.13. The second-order valence-corrected chi connectivity index (χ2v) is 5.61. The van der Waals surface area contributed by atoms with Gasteiger partial charge in [-0.25, -0.2) is 18.4 Å². The summed E-state index contributed by atoms with van der Waals surface area (Å²) in [6, 6.07) is 1.73. The van der Waals surface area contributed by atoms with Crippen LogP contribution < -0.4 is 5.32 Å². The van der Waals surface area contributed by atoms with Gasteiger partial charge in [0.25, 0.3) is 0 Å². The topological polar surface area (TPSA) is 58.6 Å². The number of halogens is 2. The maximum atomic E-state index is 14.1. The van der Waals surface area contributed by atoms with Crippen molar-refractivity contribution in [2.75, 3.05) is 7.11 Å². The highest BCUT2D eigenvalue weighted by atomic mass is 19.1.